The molecule has 6 heteroatoms. The minimum Gasteiger partial charge on any atom is -0.393 e. The molecule has 0 saturated heterocycles. The van der Waals surface area contributed by atoms with Crippen LogP contribution >= 0.6 is 0 Å². The Balaban J connectivity index is 1.83. The van der Waals surface area contributed by atoms with Crippen LogP contribution in [0.1, 0.15) is 49.1 Å². The quantitative estimate of drug-likeness (QED) is 0.717. The number of carbonyl (C=O) groups excluding carboxylic acids is 1. The van der Waals surface area contributed by atoms with Gasteiger partial charge in [0.25, 0.3) is 5.91 Å². The smallest absolute Gasteiger partial charge is 0.290 e. The second kappa shape index (κ2) is 5.95. The molecular formula is C12H20N4O2. The highest BCUT2D eigenvalue weighted by Crippen LogP contribution is 2.24. The van der Waals surface area contributed by atoms with Crippen molar-refractivity contribution < 1.29 is 9.90 Å². The van der Waals surface area contributed by atoms with Crippen LogP contribution in [0, 0.1) is 5.92 Å². The van der Waals surface area contributed by atoms with Crippen LogP contribution in [-0.4, -0.2) is 38.8 Å². The number of aromatic amines is 1. The van der Waals surface area contributed by atoms with Crippen LogP contribution in [0.25, 0.3) is 0 Å². The van der Waals surface area contributed by atoms with Gasteiger partial charge in [-0.1, -0.05) is 13.3 Å². The van der Waals surface area contributed by atoms with E-state index in [2.05, 4.69) is 20.5 Å². The average Bonchev–Trinajstić information content (AvgIpc) is 2.96. The van der Waals surface area contributed by atoms with Crippen LogP contribution in [0.15, 0.2) is 0 Å². The lowest BCUT2D eigenvalue weighted by molar-refractivity contribution is 0.0907. The first-order valence-electron chi connectivity index (χ1n) is 6.58. The summed E-state index contributed by atoms with van der Waals surface area (Å²) in [5.41, 5.74) is 0. The molecule has 100 valence electrons. The minimum atomic E-state index is -0.284. The molecule has 1 fully saturated rings. The van der Waals surface area contributed by atoms with Crippen molar-refractivity contribution in [3.63, 3.8) is 0 Å². The van der Waals surface area contributed by atoms with Gasteiger partial charge in [0.1, 0.15) is 5.82 Å². The van der Waals surface area contributed by atoms with Gasteiger partial charge in [-0.2, -0.15) is 0 Å². The van der Waals surface area contributed by atoms with Gasteiger partial charge in [-0.3, -0.25) is 9.89 Å². The fourth-order valence-corrected chi connectivity index (χ4v) is 2.30. The zero-order valence-electron chi connectivity index (χ0n) is 10.6. The molecule has 0 radical (unpaired) electrons. The Labute approximate surface area is 106 Å². The van der Waals surface area contributed by atoms with Crippen LogP contribution < -0.4 is 5.32 Å². The number of aliphatic hydroxyl groups excluding tert-OH is 1. The maximum atomic E-state index is 11.8. The third-order valence-electron chi connectivity index (χ3n) is 3.37. The van der Waals surface area contributed by atoms with Crippen molar-refractivity contribution in [2.24, 2.45) is 5.92 Å². The van der Waals surface area contributed by atoms with E-state index in [0.717, 1.165) is 37.9 Å². The molecule has 0 bridgehead atoms. The standard InChI is InChI=1S/C12H20N4O2/c1-2-4-10-14-11(16-15-10)12(18)13-7-8-5-3-6-9(8)17/h8-9,17H,2-7H2,1H3,(H,13,18)(H,14,15,16). The van der Waals surface area contributed by atoms with E-state index in [1.54, 1.807) is 0 Å². The number of nitrogens with zero attached hydrogens (tertiary/aromatic N) is 2. The zero-order chi connectivity index (χ0) is 13.0. The highest BCUT2D eigenvalue weighted by atomic mass is 16.3. The van der Waals surface area contributed by atoms with Gasteiger partial charge in [-0.25, -0.2) is 4.98 Å². The van der Waals surface area contributed by atoms with Gasteiger partial charge in [0.05, 0.1) is 6.10 Å². The summed E-state index contributed by atoms with van der Waals surface area (Å²) >= 11 is 0. The highest BCUT2D eigenvalue weighted by molar-refractivity contribution is 5.90. The molecule has 2 atom stereocenters. The van der Waals surface area contributed by atoms with Crippen molar-refractivity contribution in [2.45, 2.75) is 45.1 Å². The van der Waals surface area contributed by atoms with Crippen molar-refractivity contribution >= 4 is 5.91 Å². The molecule has 1 aliphatic rings. The predicted octanol–water partition coefficient (Wildman–Crippen LogP) is 0.648. The van der Waals surface area contributed by atoms with Gasteiger partial charge in [0.15, 0.2) is 0 Å². The summed E-state index contributed by atoms with van der Waals surface area (Å²) in [4.78, 5) is 15.9. The number of hydrogen-bond acceptors (Lipinski definition) is 4. The molecule has 18 heavy (non-hydrogen) atoms. The molecule has 0 spiro atoms. The Kier molecular flexibility index (Phi) is 4.30. The van der Waals surface area contributed by atoms with Gasteiger partial charge >= 0.3 is 0 Å². The van der Waals surface area contributed by atoms with E-state index in [0.29, 0.717) is 6.54 Å². The van der Waals surface area contributed by atoms with Crippen LogP contribution in [0.4, 0.5) is 0 Å². The number of amides is 1. The first-order valence-corrected chi connectivity index (χ1v) is 6.58. The van der Waals surface area contributed by atoms with Crippen LogP contribution in [0.2, 0.25) is 0 Å². The van der Waals surface area contributed by atoms with E-state index in [-0.39, 0.29) is 23.8 Å². The summed E-state index contributed by atoms with van der Waals surface area (Å²) in [5, 5.41) is 19.1. The van der Waals surface area contributed by atoms with E-state index >= 15 is 0 Å². The third kappa shape index (κ3) is 3.07. The Morgan fingerprint density at radius 2 is 2.39 bits per heavy atom. The molecule has 1 aliphatic carbocycles. The molecule has 1 heterocycles. The fraction of sp³-hybridized carbons (Fsp3) is 0.750. The lowest BCUT2D eigenvalue weighted by atomic mass is 10.1. The molecule has 3 N–H and O–H groups in total. The number of aryl methyl sites for hydroxylation is 1. The summed E-state index contributed by atoms with van der Waals surface area (Å²) in [7, 11) is 0. The number of hydrogen-bond donors (Lipinski definition) is 3. The van der Waals surface area contributed by atoms with Crippen molar-refractivity contribution in [2.75, 3.05) is 6.54 Å². The molecule has 2 unspecified atom stereocenters. The number of carbonyl (C=O) groups is 1. The number of H-pyrrole nitrogens is 1. The van der Waals surface area contributed by atoms with Crippen molar-refractivity contribution in [1.82, 2.24) is 20.5 Å². The lowest BCUT2D eigenvalue weighted by Gasteiger charge is -2.13. The van der Waals surface area contributed by atoms with Crippen LogP contribution in [0.3, 0.4) is 0 Å². The second-order valence-corrected chi connectivity index (χ2v) is 4.82. The highest BCUT2D eigenvalue weighted by Gasteiger charge is 2.25. The number of rotatable bonds is 5. The molecular weight excluding hydrogens is 232 g/mol. The first kappa shape index (κ1) is 13.0. The normalized spacial score (nSPS) is 23.2. The molecule has 1 aromatic heterocycles. The fourth-order valence-electron chi connectivity index (χ4n) is 2.30. The number of nitrogens with one attached hydrogen (secondary N) is 2. The van der Waals surface area contributed by atoms with Gasteiger partial charge in [0, 0.05) is 18.9 Å². The Bertz CT molecular complexity index is 405. The molecule has 0 aromatic carbocycles. The number of aromatic nitrogens is 3. The van der Waals surface area contributed by atoms with Crippen LogP contribution in [0.5, 0.6) is 0 Å². The third-order valence-corrected chi connectivity index (χ3v) is 3.37. The van der Waals surface area contributed by atoms with E-state index < -0.39 is 0 Å². The number of aliphatic hydroxyl groups is 1. The van der Waals surface area contributed by atoms with Gasteiger partial charge < -0.3 is 10.4 Å². The van der Waals surface area contributed by atoms with Crippen molar-refractivity contribution in [3.05, 3.63) is 11.6 Å². The summed E-state index contributed by atoms with van der Waals surface area (Å²) in [6.07, 6.45) is 4.31. The Morgan fingerprint density at radius 1 is 1.56 bits per heavy atom. The topological polar surface area (TPSA) is 90.9 Å². The zero-order valence-corrected chi connectivity index (χ0v) is 10.6. The predicted molar refractivity (Wildman–Crippen MR) is 66.1 cm³/mol. The largest absolute Gasteiger partial charge is 0.393 e. The van der Waals surface area contributed by atoms with E-state index in [9.17, 15) is 9.90 Å². The molecule has 1 amide bonds. The van der Waals surface area contributed by atoms with E-state index in [4.69, 9.17) is 0 Å². The minimum absolute atomic E-state index is 0.169. The van der Waals surface area contributed by atoms with Gasteiger partial charge in [-0.15, -0.1) is 5.10 Å². The van der Waals surface area contributed by atoms with E-state index in [1.807, 2.05) is 6.92 Å². The summed E-state index contributed by atoms with van der Waals surface area (Å²) in [6, 6.07) is 0. The summed E-state index contributed by atoms with van der Waals surface area (Å²) in [5.74, 6) is 0.824. The van der Waals surface area contributed by atoms with E-state index in [1.165, 1.54) is 0 Å². The van der Waals surface area contributed by atoms with Crippen molar-refractivity contribution in [1.29, 1.82) is 0 Å². The van der Waals surface area contributed by atoms with Crippen LogP contribution in [-0.2, 0) is 6.42 Å². The van der Waals surface area contributed by atoms with Gasteiger partial charge in [-0.05, 0) is 19.3 Å². The second-order valence-electron chi connectivity index (χ2n) is 4.82. The lowest BCUT2D eigenvalue weighted by Crippen LogP contribution is -2.33. The molecule has 0 aliphatic heterocycles. The Hall–Kier alpha value is -1.43. The molecule has 6 nitrogen and oxygen atoms in total. The molecule has 2 rings (SSSR count). The maximum absolute atomic E-state index is 11.8. The average molecular weight is 252 g/mol. The first-order chi connectivity index (χ1) is 8.70. The maximum Gasteiger partial charge on any atom is 0.290 e. The molecule has 1 aromatic rings. The monoisotopic (exact) mass is 252 g/mol. The summed E-state index contributed by atoms with van der Waals surface area (Å²) in [6.45, 7) is 2.54. The Morgan fingerprint density at radius 3 is 3.06 bits per heavy atom. The van der Waals surface area contributed by atoms with Crippen molar-refractivity contribution in [3.8, 4) is 0 Å². The molecule has 1 saturated carbocycles. The summed E-state index contributed by atoms with van der Waals surface area (Å²) < 4.78 is 0. The van der Waals surface area contributed by atoms with Gasteiger partial charge in [0.2, 0.25) is 5.82 Å². The SMILES string of the molecule is CCCc1nc(C(=O)NCC2CCCC2O)n[nH]1.